The second-order valence-corrected chi connectivity index (χ2v) is 11.2. The molecule has 1 aliphatic carbocycles. The third-order valence-corrected chi connectivity index (χ3v) is 6.93. The highest BCUT2D eigenvalue weighted by atomic mass is 31.2. The van der Waals surface area contributed by atoms with Crippen molar-refractivity contribution < 1.29 is 23.5 Å². The zero-order valence-corrected chi connectivity index (χ0v) is 21.3. The van der Waals surface area contributed by atoms with Crippen LogP contribution in [0.1, 0.15) is 103 Å². The van der Waals surface area contributed by atoms with Crippen LogP contribution < -0.4 is 0 Å². The minimum absolute atomic E-state index is 0.0123. The van der Waals surface area contributed by atoms with Crippen LogP contribution in [0.3, 0.4) is 0 Å². The van der Waals surface area contributed by atoms with E-state index < -0.39 is 13.7 Å². The fourth-order valence-electron chi connectivity index (χ4n) is 4.61. The molecule has 1 saturated carbocycles. The Kier molecular flexibility index (Phi) is 16.5. The molecule has 7 heteroatoms. The van der Waals surface area contributed by atoms with E-state index in [0.717, 1.165) is 12.8 Å². The fraction of sp³-hybridized carbons (Fsp3) is 1.00. The molecule has 31 heavy (non-hydrogen) atoms. The third kappa shape index (κ3) is 14.1. The first-order valence-corrected chi connectivity index (χ1v) is 14.8. The first-order chi connectivity index (χ1) is 14.9. The van der Waals surface area contributed by atoms with Crippen LogP contribution in [0.15, 0.2) is 0 Å². The van der Waals surface area contributed by atoms with E-state index in [2.05, 4.69) is 6.92 Å². The second kappa shape index (κ2) is 17.6. The van der Waals surface area contributed by atoms with E-state index in [0.29, 0.717) is 19.6 Å². The molecule has 1 N–H and O–H groups in total. The van der Waals surface area contributed by atoms with Gasteiger partial charge in [0.15, 0.2) is 0 Å². The highest BCUT2D eigenvalue weighted by Gasteiger charge is 2.44. The highest BCUT2D eigenvalue weighted by molar-refractivity contribution is 7.51. The van der Waals surface area contributed by atoms with Crippen LogP contribution in [0.5, 0.6) is 0 Å². The number of unbranched alkanes of at least 4 members (excludes halogenated alkanes) is 13. The van der Waals surface area contributed by atoms with Crippen LogP contribution in [-0.4, -0.2) is 51.9 Å². The zero-order chi connectivity index (χ0) is 23.0. The maximum Gasteiger partial charge on any atom is 0.325 e. The van der Waals surface area contributed by atoms with Gasteiger partial charge in [0, 0.05) is 26.3 Å². The van der Waals surface area contributed by atoms with E-state index >= 15 is 0 Å². The van der Waals surface area contributed by atoms with Gasteiger partial charge in [0.05, 0.1) is 26.7 Å². The summed E-state index contributed by atoms with van der Waals surface area (Å²) in [5.41, 5.74) is 0. The van der Waals surface area contributed by atoms with Gasteiger partial charge < -0.3 is 18.9 Å². The fourth-order valence-corrected chi connectivity index (χ4v) is 5.36. The molecular formula is C24H48BO5P. The van der Waals surface area contributed by atoms with Crippen molar-refractivity contribution in [2.24, 2.45) is 5.92 Å². The maximum atomic E-state index is 11.8. The Morgan fingerprint density at radius 2 is 1.35 bits per heavy atom. The molecular weight excluding hydrogens is 410 g/mol. The minimum Gasteiger partial charge on any atom is -0.384 e. The van der Waals surface area contributed by atoms with Crippen molar-refractivity contribution in [2.45, 2.75) is 121 Å². The van der Waals surface area contributed by atoms with E-state index in [1.54, 1.807) is 7.11 Å². The molecule has 1 fully saturated rings. The summed E-state index contributed by atoms with van der Waals surface area (Å²) in [5.74, 6) is -0.204. The van der Waals surface area contributed by atoms with Gasteiger partial charge in [0.25, 0.3) is 0 Å². The lowest BCUT2D eigenvalue weighted by molar-refractivity contribution is -0.0337. The molecule has 0 aromatic carbocycles. The number of rotatable bonds is 20. The van der Waals surface area contributed by atoms with Gasteiger partial charge in [-0.3, -0.25) is 4.57 Å². The maximum absolute atomic E-state index is 11.8. The van der Waals surface area contributed by atoms with Gasteiger partial charge >= 0.3 is 7.60 Å². The lowest BCUT2D eigenvalue weighted by Gasteiger charge is -2.27. The second-order valence-electron chi connectivity index (χ2n) is 9.42. The normalized spacial score (nSPS) is 25.7. The summed E-state index contributed by atoms with van der Waals surface area (Å²) in [6.45, 7) is 4.56. The lowest BCUT2D eigenvalue weighted by Crippen LogP contribution is -2.33. The average Bonchev–Trinajstić information content (AvgIpc) is 2.98. The largest absolute Gasteiger partial charge is 0.384 e. The molecule has 1 aliphatic rings. The molecule has 2 unspecified atom stereocenters. The van der Waals surface area contributed by atoms with E-state index in [1.807, 2.05) is 0 Å². The van der Waals surface area contributed by atoms with Crippen molar-refractivity contribution >= 4 is 15.4 Å². The summed E-state index contributed by atoms with van der Waals surface area (Å²) < 4.78 is 28.5. The zero-order valence-electron chi connectivity index (χ0n) is 20.4. The van der Waals surface area contributed by atoms with Crippen LogP contribution >= 0.6 is 7.60 Å². The molecule has 182 valence electrons. The predicted octanol–water partition coefficient (Wildman–Crippen LogP) is 6.68. The Morgan fingerprint density at radius 3 is 1.81 bits per heavy atom. The Labute approximate surface area is 193 Å². The molecule has 0 heterocycles. The molecule has 0 amide bonds. The predicted molar refractivity (Wildman–Crippen MR) is 130 cm³/mol. The third-order valence-electron chi connectivity index (χ3n) is 6.29. The molecule has 5 nitrogen and oxygen atoms in total. The van der Waals surface area contributed by atoms with Gasteiger partial charge in [-0.25, -0.2) is 0 Å². The molecule has 5 atom stereocenters. The summed E-state index contributed by atoms with van der Waals surface area (Å²) in [6.07, 6.45) is 18.4. The van der Waals surface area contributed by atoms with Gasteiger partial charge in [-0.15, -0.1) is 0 Å². The summed E-state index contributed by atoms with van der Waals surface area (Å²) in [5, 5.41) is 0. The molecule has 0 saturated heterocycles. The highest BCUT2D eigenvalue weighted by Crippen LogP contribution is 2.47. The smallest absolute Gasteiger partial charge is 0.325 e. The molecule has 0 bridgehead atoms. The molecule has 1 rings (SSSR count). The first kappa shape index (κ1) is 29.2. The van der Waals surface area contributed by atoms with Gasteiger partial charge in [-0.05, 0) is 18.7 Å². The van der Waals surface area contributed by atoms with Crippen molar-refractivity contribution in [3.63, 3.8) is 0 Å². The Bertz CT molecular complexity index is 473. The lowest BCUT2D eigenvalue weighted by atomic mass is 9.83. The van der Waals surface area contributed by atoms with E-state index in [1.165, 1.54) is 83.7 Å². The minimum atomic E-state index is -3.61. The van der Waals surface area contributed by atoms with E-state index in [4.69, 9.17) is 21.8 Å². The van der Waals surface area contributed by atoms with Crippen LogP contribution in [-0.2, 0) is 18.6 Å². The van der Waals surface area contributed by atoms with Gasteiger partial charge in [-0.1, -0.05) is 90.4 Å². The van der Waals surface area contributed by atoms with Crippen molar-refractivity contribution in [1.29, 1.82) is 0 Å². The Morgan fingerprint density at radius 1 is 0.871 bits per heavy atom. The standard InChI is InChI=1S/C24H48BO5P/c1-4-5-6-7-8-9-10-11-12-13-14-15-16-17-18-29-24-22(25)19-21(20-28-2)23(24)30-31(3,26)27/h21-24H,4-20H2,1-3H3,(H,26,27)/t21-,22-,23?,24-/m1/s1. The Hall–Kier alpha value is 0.135. The summed E-state index contributed by atoms with van der Waals surface area (Å²) >= 11 is 0. The van der Waals surface area contributed by atoms with Gasteiger partial charge in [-0.2, -0.15) is 0 Å². The van der Waals surface area contributed by atoms with Gasteiger partial charge in [0.2, 0.25) is 0 Å². The van der Waals surface area contributed by atoms with Crippen LogP contribution in [0.25, 0.3) is 0 Å². The van der Waals surface area contributed by atoms with Crippen LogP contribution in [0.4, 0.5) is 0 Å². The summed E-state index contributed by atoms with van der Waals surface area (Å²) in [7, 11) is 4.25. The molecule has 2 radical (unpaired) electrons. The number of hydrogen-bond acceptors (Lipinski definition) is 4. The molecule has 0 aliphatic heterocycles. The van der Waals surface area contributed by atoms with Crippen molar-refractivity contribution in [2.75, 3.05) is 27.0 Å². The van der Waals surface area contributed by atoms with E-state index in [9.17, 15) is 9.46 Å². The van der Waals surface area contributed by atoms with Crippen molar-refractivity contribution in [1.82, 2.24) is 0 Å². The quantitative estimate of drug-likeness (QED) is 0.125. The number of ether oxygens (including phenoxy) is 2. The average molecular weight is 458 g/mol. The topological polar surface area (TPSA) is 65.0 Å². The monoisotopic (exact) mass is 458 g/mol. The molecule has 0 aromatic rings. The summed E-state index contributed by atoms with van der Waals surface area (Å²) in [6, 6.07) is 0. The van der Waals surface area contributed by atoms with Crippen LogP contribution in [0.2, 0.25) is 5.82 Å². The number of methoxy groups -OCH3 is 1. The van der Waals surface area contributed by atoms with E-state index in [-0.39, 0.29) is 17.8 Å². The molecule has 0 spiro atoms. The number of hydrogen-bond donors (Lipinski definition) is 1. The first-order valence-electron chi connectivity index (χ1n) is 12.7. The Balaban J connectivity index is 2.06. The SMILES string of the molecule is [B][C@@H]1C[C@H](COC)C(OP(C)(=O)O)[C@@H]1OCCCCCCCCCCCCCCCC. The molecule has 0 aromatic heterocycles. The van der Waals surface area contributed by atoms with Crippen LogP contribution in [0, 0.1) is 5.92 Å². The van der Waals surface area contributed by atoms with Gasteiger partial charge in [0.1, 0.15) is 0 Å². The summed E-state index contributed by atoms with van der Waals surface area (Å²) in [4.78, 5) is 9.67. The van der Waals surface area contributed by atoms with Crippen molar-refractivity contribution in [3.8, 4) is 0 Å². The van der Waals surface area contributed by atoms with Crippen molar-refractivity contribution in [3.05, 3.63) is 0 Å².